The molecule has 0 bridgehead atoms. The van der Waals surface area contributed by atoms with Crippen molar-refractivity contribution in [3.05, 3.63) is 45.8 Å². The number of phenolic OH excluding ortho intramolecular Hbond substituents is 1. The van der Waals surface area contributed by atoms with E-state index >= 15 is 0 Å². The summed E-state index contributed by atoms with van der Waals surface area (Å²) in [6, 6.07) is 7.00. The maximum atomic E-state index is 12.4. The Morgan fingerprint density at radius 3 is 3.00 bits per heavy atom. The van der Waals surface area contributed by atoms with Crippen molar-refractivity contribution in [2.24, 2.45) is 4.99 Å². The van der Waals surface area contributed by atoms with E-state index in [0.717, 1.165) is 25.1 Å². The fourth-order valence-corrected chi connectivity index (χ4v) is 4.13. The van der Waals surface area contributed by atoms with Gasteiger partial charge >= 0.3 is 5.97 Å². The standard InChI is InChI=1S/C18H20N2O3S/c1-3-23-18(22)16-13-8-9-20(2)11-15(13)24-17(16)19-10-12-6-4-5-7-14(12)21/h4-7,10,21H,3,8-9,11H2,1-2H3/p+1/b19-10+. The summed E-state index contributed by atoms with van der Waals surface area (Å²) < 4.78 is 5.23. The first kappa shape index (κ1) is 16.7. The third-order valence-corrected chi connectivity index (χ3v) is 5.21. The molecule has 1 unspecified atom stereocenters. The van der Waals surface area contributed by atoms with Gasteiger partial charge in [-0.1, -0.05) is 12.1 Å². The average Bonchev–Trinajstić information content (AvgIpc) is 2.91. The quantitative estimate of drug-likeness (QED) is 0.658. The molecule has 0 amide bonds. The molecule has 24 heavy (non-hydrogen) atoms. The van der Waals surface area contributed by atoms with Gasteiger partial charge in [0.2, 0.25) is 0 Å². The molecule has 1 aromatic heterocycles. The Bertz CT molecular complexity index is 783. The molecule has 0 spiro atoms. The topological polar surface area (TPSA) is 63.3 Å². The average molecular weight is 345 g/mol. The number of fused-ring (bicyclic) bond motifs is 1. The number of likely N-dealkylation sites (N-methyl/N-ethyl adjacent to an activating group) is 1. The van der Waals surface area contributed by atoms with Crippen molar-refractivity contribution >= 4 is 28.5 Å². The lowest BCUT2D eigenvalue weighted by molar-refractivity contribution is -0.895. The summed E-state index contributed by atoms with van der Waals surface area (Å²) >= 11 is 1.54. The molecule has 5 nitrogen and oxygen atoms in total. The van der Waals surface area contributed by atoms with Gasteiger partial charge in [-0.25, -0.2) is 9.79 Å². The normalized spacial score (nSPS) is 17.0. The summed E-state index contributed by atoms with van der Waals surface area (Å²) in [7, 11) is 2.15. The molecule has 1 aromatic carbocycles. The lowest BCUT2D eigenvalue weighted by atomic mass is 10.0. The van der Waals surface area contributed by atoms with Gasteiger partial charge in [0.25, 0.3) is 0 Å². The number of rotatable bonds is 4. The van der Waals surface area contributed by atoms with Crippen LogP contribution in [0.5, 0.6) is 5.75 Å². The highest BCUT2D eigenvalue weighted by atomic mass is 32.1. The molecule has 126 valence electrons. The molecule has 0 aliphatic carbocycles. The summed E-state index contributed by atoms with van der Waals surface area (Å²) in [6.45, 7) is 4.05. The van der Waals surface area contributed by atoms with E-state index < -0.39 is 0 Å². The Labute approximate surface area is 145 Å². The lowest BCUT2D eigenvalue weighted by Gasteiger charge is -2.19. The summed E-state index contributed by atoms with van der Waals surface area (Å²) in [5, 5.41) is 10.5. The predicted octanol–water partition coefficient (Wildman–Crippen LogP) is 1.95. The number of hydrogen-bond donors (Lipinski definition) is 2. The largest absolute Gasteiger partial charge is 0.507 e. The third kappa shape index (κ3) is 3.34. The summed E-state index contributed by atoms with van der Waals surface area (Å²) in [4.78, 5) is 19.5. The molecule has 1 atom stereocenters. The van der Waals surface area contributed by atoms with Crippen LogP contribution in [0.1, 0.15) is 33.3 Å². The molecule has 0 saturated carbocycles. The molecule has 1 aliphatic rings. The van der Waals surface area contributed by atoms with Gasteiger partial charge in [0.15, 0.2) is 0 Å². The van der Waals surface area contributed by atoms with Crippen LogP contribution >= 0.6 is 11.3 Å². The first-order valence-electron chi connectivity index (χ1n) is 8.05. The first-order valence-corrected chi connectivity index (χ1v) is 8.86. The van der Waals surface area contributed by atoms with Gasteiger partial charge in [0.1, 0.15) is 22.9 Å². The Kier molecular flexibility index (Phi) is 4.97. The number of thiophene rings is 1. The molecular weight excluding hydrogens is 324 g/mol. The van der Waals surface area contributed by atoms with Crippen LogP contribution in [0.4, 0.5) is 5.00 Å². The highest BCUT2D eigenvalue weighted by molar-refractivity contribution is 7.16. The van der Waals surface area contributed by atoms with Crippen LogP contribution in [0.15, 0.2) is 29.3 Å². The van der Waals surface area contributed by atoms with Crippen molar-refractivity contribution in [1.82, 2.24) is 0 Å². The number of nitrogens with zero attached hydrogens (tertiary/aromatic N) is 1. The van der Waals surface area contributed by atoms with Gasteiger partial charge < -0.3 is 14.7 Å². The number of quaternary nitrogens is 1. The van der Waals surface area contributed by atoms with Gasteiger partial charge in [-0.15, -0.1) is 11.3 Å². The number of esters is 1. The van der Waals surface area contributed by atoms with E-state index in [-0.39, 0.29) is 11.7 Å². The SMILES string of the molecule is CCOC(=O)c1c(/N=C/c2ccccc2O)sc2c1CC[NH+](C)C2. The number of carbonyl (C=O) groups is 1. The van der Waals surface area contributed by atoms with Crippen molar-refractivity contribution in [3.8, 4) is 5.75 Å². The van der Waals surface area contributed by atoms with E-state index in [1.165, 1.54) is 9.78 Å². The number of benzene rings is 1. The Hall–Kier alpha value is -2.18. The maximum Gasteiger partial charge on any atom is 0.341 e. The summed E-state index contributed by atoms with van der Waals surface area (Å²) in [5.74, 6) is -0.136. The molecular formula is C18H21N2O3S+. The summed E-state index contributed by atoms with van der Waals surface area (Å²) in [6.07, 6.45) is 2.46. The molecule has 0 radical (unpaired) electrons. The Balaban J connectivity index is 2.00. The summed E-state index contributed by atoms with van der Waals surface area (Å²) in [5.41, 5.74) is 2.30. The van der Waals surface area contributed by atoms with Gasteiger partial charge in [-0.2, -0.15) is 0 Å². The van der Waals surface area contributed by atoms with Crippen LogP contribution in [-0.4, -0.2) is 37.5 Å². The minimum absolute atomic E-state index is 0.171. The number of para-hydroxylation sites is 1. The number of ether oxygens (including phenoxy) is 1. The number of nitrogens with one attached hydrogen (secondary N) is 1. The van der Waals surface area contributed by atoms with Gasteiger partial charge in [0, 0.05) is 18.2 Å². The van der Waals surface area contributed by atoms with E-state index in [4.69, 9.17) is 4.74 Å². The zero-order chi connectivity index (χ0) is 17.1. The van der Waals surface area contributed by atoms with E-state index in [1.807, 2.05) is 6.07 Å². The fourth-order valence-electron chi connectivity index (χ4n) is 2.84. The zero-order valence-corrected chi connectivity index (χ0v) is 14.7. The first-order chi connectivity index (χ1) is 11.6. The van der Waals surface area contributed by atoms with E-state index in [2.05, 4.69) is 12.0 Å². The second kappa shape index (κ2) is 7.15. The maximum absolute atomic E-state index is 12.4. The molecule has 6 heteroatoms. The molecule has 3 rings (SSSR count). The van der Waals surface area contributed by atoms with Crippen LogP contribution in [0.3, 0.4) is 0 Å². The zero-order valence-electron chi connectivity index (χ0n) is 13.8. The monoisotopic (exact) mass is 345 g/mol. The highest BCUT2D eigenvalue weighted by Gasteiger charge is 2.29. The van der Waals surface area contributed by atoms with Crippen LogP contribution in [0.2, 0.25) is 0 Å². The van der Waals surface area contributed by atoms with Crippen molar-refractivity contribution < 1.29 is 19.5 Å². The van der Waals surface area contributed by atoms with Gasteiger partial charge in [-0.05, 0) is 24.6 Å². The van der Waals surface area contributed by atoms with Crippen molar-refractivity contribution in [3.63, 3.8) is 0 Å². The highest BCUT2D eigenvalue weighted by Crippen LogP contribution is 2.37. The van der Waals surface area contributed by atoms with Crippen molar-refractivity contribution in [2.75, 3.05) is 20.2 Å². The Morgan fingerprint density at radius 2 is 2.25 bits per heavy atom. The van der Waals surface area contributed by atoms with Crippen LogP contribution in [-0.2, 0) is 17.7 Å². The minimum atomic E-state index is -0.306. The van der Waals surface area contributed by atoms with Gasteiger partial charge in [0.05, 0.1) is 25.1 Å². The second-order valence-electron chi connectivity index (χ2n) is 5.86. The van der Waals surface area contributed by atoms with Crippen LogP contribution in [0, 0.1) is 0 Å². The minimum Gasteiger partial charge on any atom is -0.507 e. The molecule has 0 fully saturated rings. The number of phenols is 1. The Morgan fingerprint density at radius 1 is 1.46 bits per heavy atom. The fraction of sp³-hybridized carbons (Fsp3) is 0.333. The number of carbonyl (C=O) groups excluding carboxylic acids is 1. The van der Waals surface area contributed by atoms with Crippen LogP contribution < -0.4 is 4.90 Å². The van der Waals surface area contributed by atoms with Crippen molar-refractivity contribution in [1.29, 1.82) is 0 Å². The molecule has 0 saturated heterocycles. The van der Waals surface area contributed by atoms with E-state index in [9.17, 15) is 9.90 Å². The molecule has 2 heterocycles. The second-order valence-corrected chi connectivity index (χ2v) is 6.94. The number of aromatic hydroxyl groups is 1. The third-order valence-electron chi connectivity index (χ3n) is 4.07. The molecule has 2 aromatic rings. The van der Waals surface area contributed by atoms with Crippen LogP contribution in [0.25, 0.3) is 0 Å². The van der Waals surface area contributed by atoms with Gasteiger partial charge in [-0.3, -0.25) is 0 Å². The van der Waals surface area contributed by atoms with Crippen molar-refractivity contribution in [2.45, 2.75) is 19.9 Å². The van der Waals surface area contributed by atoms with E-state index in [1.54, 1.807) is 42.7 Å². The number of aliphatic imine (C=N–C) groups is 1. The lowest BCUT2D eigenvalue weighted by Crippen LogP contribution is -3.08. The van der Waals surface area contributed by atoms with E-state index in [0.29, 0.717) is 22.7 Å². The number of hydrogen-bond acceptors (Lipinski definition) is 5. The molecule has 1 aliphatic heterocycles. The molecule has 2 N–H and O–H groups in total. The predicted molar refractivity (Wildman–Crippen MR) is 94.8 cm³/mol. The smallest absolute Gasteiger partial charge is 0.341 e.